The first-order valence-corrected chi connectivity index (χ1v) is 9.77. The van der Waals surface area contributed by atoms with Gasteiger partial charge < -0.3 is 15.4 Å². The van der Waals surface area contributed by atoms with E-state index < -0.39 is 5.97 Å². The summed E-state index contributed by atoms with van der Waals surface area (Å²) >= 11 is 0. The number of carboxylic acids is 1. The lowest BCUT2D eigenvalue weighted by molar-refractivity contribution is -0.136. The molecular formula is C25H22N2O3. The second-order valence-electron chi connectivity index (χ2n) is 7.33. The van der Waals surface area contributed by atoms with Crippen LogP contribution in [0.15, 0.2) is 72.8 Å². The smallest absolute Gasteiger partial charge is 0.307 e. The Hall–Kier alpha value is -3.86. The number of H-pyrrole nitrogens is 1. The van der Waals surface area contributed by atoms with Crippen molar-refractivity contribution in [1.29, 1.82) is 0 Å². The molecule has 1 aromatic heterocycles. The lowest BCUT2D eigenvalue weighted by Gasteiger charge is -2.07. The number of aromatic amines is 1. The van der Waals surface area contributed by atoms with Crippen molar-refractivity contribution in [3.8, 4) is 11.1 Å². The quantitative estimate of drug-likeness (QED) is 0.427. The first kappa shape index (κ1) is 19.5. The molecular weight excluding hydrogens is 376 g/mol. The van der Waals surface area contributed by atoms with E-state index in [1.54, 1.807) is 0 Å². The van der Waals surface area contributed by atoms with Gasteiger partial charge in [-0.3, -0.25) is 9.59 Å². The minimum Gasteiger partial charge on any atom is -0.481 e. The summed E-state index contributed by atoms with van der Waals surface area (Å²) in [5.74, 6) is -0.926. The van der Waals surface area contributed by atoms with Crippen molar-refractivity contribution in [3.63, 3.8) is 0 Å². The molecule has 5 nitrogen and oxygen atoms in total. The van der Waals surface area contributed by atoms with Gasteiger partial charge in [0.1, 0.15) is 0 Å². The largest absolute Gasteiger partial charge is 0.481 e. The number of carbonyl (C=O) groups is 2. The SMILES string of the molecule is CC(=O)Nc1ccc(-c2ccc(Cc3[nH]c4ccccc4c3CC(=O)O)cc2)cc1. The van der Waals surface area contributed by atoms with Crippen LogP contribution in [0.4, 0.5) is 5.69 Å². The van der Waals surface area contributed by atoms with Gasteiger partial charge in [0.05, 0.1) is 6.42 Å². The van der Waals surface area contributed by atoms with Crippen molar-refractivity contribution in [3.05, 3.63) is 89.6 Å². The zero-order valence-electron chi connectivity index (χ0n) is 16.6. The van der Waals surface area contributed by atoms with Gasteiger partial charge in [0, 0.05) is 35.6 Å². The number of fused-ring (bicyclic) bond motifs is 1. The highest BCUT2D eigenvalue weighted by Crippen LogP contribution is 2.27. The summed E-state index contributed by atoms with van der Waals surface area (Å²) in [5.41, 5.74) is 6.75. The van der Waals surface area contributed by atoms with Crippen molar-refractivity contribution in [2.45, 2.75) is 19.8 Å². The summed E-state index contributed by atoms with van der Waals surface area (Å²) in [4.78, 5) is 25.9. The monoisotopic (exact) mass is 398 g/mol. The van der Waals surface area contributed by atoms with Crippen molar-refractivity contribution in [1.82, 2.24) is 4.98 Å². The van der Waals surface area contributed by atoms with Gasteiger partial charge in [-0.1, -0.05) is 54.6 Å². The van der Waals surface area contributed by atoms with Gasteiger partial charge in [-0.2, -0.15) is 0 Å². The number of rotatable bonds is 6. The molecule has 0 bridgehead atoms. The van der Waals surface area contributed by atoms with Crippen LogP contribution in [-0.2, 0) is 22.4 Å². The fourth-order valence-corrected chi connectivity index (χ4v) is 3.73. The number of benzene rings is 3. The number of amides is 1. The van der Waals surface area contributed by atoms with E-state index in [1.807, 2.05) is 48.5 Å². The van der Waals surface area contributed by atoms with Crippen molar-refractivity contribution < 1.29 is 14.7 Å². The molecule has 4 rings (SSSR count). The zero-order valence-corrected chi connectivity index (χ0v) is 16.6. The topological polar surface area (TPSA) is 82.2 Å². The molecule has 1 amide bonds. The maximum Gasteiger partial charge on any atom is 0.307 e. The fourth-order valence-electron chi connectivity index (χ4n) is 3.73. The lowest BCUT2D eigenvalue weighted by Crippen LogP contribution is -2.05. The van der Waals surface area contributed by atoms with E-state index in [1.165, 1.54) is 6.92 Å². The van der Waals surface area contributed by atoms with Gasteiger partial charge in [0.2, 0.25) is 5.91 Å². The molecule has 0 aliphatic heterocycles. The van der Waals surface area contributed by atoms with Gasteiger partial charge >= 0.3 is 5.97 Å². The standard InChI is InChI=1S/C25H22N2O3/c1-16(28)26-20-12-10-19(11-13-20)18-8-6-17(7-9-18)14-24-22(15-25(29)30)21-4-2-3-5-23(21)27-24/h2-13,27H,14-15H2,1H3,(H,26,28)(H,29,30). The molecule has 0 aliphatic rings. The van der Waals surface area contributed by atoms with Crippen molar-refractivity contribution >= 4 is 28.5 Å². The second kappa shape index (κ2) is 8.25. The Kier molecular flexibility index (Phi) is 5.35. The lowest BCUT2D eigenvalue weighted by atomic mass is 9.99. The number of hydrogen-bond acceptors (Lipinski definition) is 2. The molecule has 1 heterocycles. The van der Waals surface area contributed by atoms with Crippen LogP contribution in [-0.4, -0.2) is 22.0 Å². The Morgan fingerprint density at radius 2 is 1.53 bits per heavy atom. The number of aliphatic carboxylic acids is 1. The molecule has 3 aromatic carbocycles. The van der Waals surface area contributed by atoms with Crippen LogP contribution in [0.2, 0.25) is 0 Å². The highest BCUT2D eigenvalue weighted by molar-refractivity contribution is 5.89. The number of hydrogen-bond donors (Lipinski definition) is 3. The Balaban J connectivity index is 1.57. The van der Waals surface area contributed by atoms with Crippen LogP contribution >= 0.6 is 0 Å². The summed E-state index contributed by atoms with van der Waals surface area (Å²) in [6.07, 6.45) is 0.636. The third kappa shape index (κ3) is 4.25. The summed E-state index contributed by atoms with van der Waals surface area (Å²) < 4.78 is 0. The van der Waals surface area contributed by atoms with E-state index in [9.17, 15) is 14.7 Å². The Morgan fingerprint density at radius 1 is 0.900 bits per heavy atom. The zero-order chi connectivity index (χ0) is 21.1. The number of carbonyl (C=O) groups excluding carboxylic acids is 1. The number of anilines is 1. The predicted octanol–water partition coefficient (Wildman–Crippen LogP) is 5.01. The predicted molar refractivity (Wildman–Crippen MR) is 119 cm³/mol. The van der Waals surface area contributed by atoms with Crippen LogP contribution < -0.4 is 5.32 Å². The third-order valence-electron chi connectivity index (χ3n) is 5.10. The van der Waals surface area contributed by atoms with E-state index in [2.05, 4.69) is 34.6 Å². The third-order valence-corrected chi connectivity index (χ3v) is 5.10. The van der Waals surface area contributed by atoms with E-state index in [0.29, 0.717) is 6.42 Å². The molecule has 0 fully saturated rings. The highest BCUT2D eigenvalue weighted by Gasteiger charge is 2.14. The van der Waals surface area contributed by atoms with Crippen molar-refractivity contribution in [2.75, 3.05) is 5.32 Å². The van der Waals surface area contributed by atoms with E-state index >= 15 is 0 Å². The molecule has 0 spiro atoms. The van der Waals surface area contributed by atoms with Crippen LogP contribution in [0.3, 0.4) is 0 Å². The van der Waals surface area contributed by atoms with Gasteiger partial charge in [-0.05, 0) is 40.5 Å². The minimum absolute atomic E-state index is 0.00191. The summed E-state index contributed by atoms with van der Waals surface area (Å²) in [5, 5.41) is 13.1. The molecule has 0 saturated carbocycles. The fraction of sp³-hybridized carbons (Fsp3) is 0.120. The molecule has 0 radical (unpaired) electrons. The molecule has 0 saturated heterocycles. The summed E-state index contributed by atoms with van der Waals surface area (Å²) in [6, 6.07) is 23.8. The molecule has 150 valence electrons. The number of carboxylic acid groups (broad SMARTS) is 1. The second-order valence-corrected chi connectivity index (χ2v) is 7.33. The number of nitrogens with one attached hydrogen (secondary N) is 2. The van der Waals surface area contributed by atoms with Gasteiger partial charge in [-0.15, -0.1) is 0 Å². The molecule has 0 aliphatic carbocycles. The maximum atomic E-state index is 11.4. The Morgan fingerprint density at radius 3 is 2.17 bits per heavy atom. The molecule has 0 unspecified atom stereocenters. The van der Waals surface area contributed by atoms with Crippen LogP contribution in [0.25, 0.3) is 22.0 Å². The maximum absolute atomic E-state index is 11.4. The minimum atomic E-state index is -0.834. The first-order chi connectivity index (χ1) is 14.5. The van der Waals surface area contributed by atoms with Gasteiger partial charge in [0.15, 0.2) is 0 Å². The molecule has 0 atom stereocenters. The number of para-hydroxylation sites is 1. The molecule has 30 heavy (non-hydrogen) atoms. The van der Waals surface area contributed by atoms with E-state index in [0.717, 1.165) is 44.5 Å². The molecule has 4 aromatic rings. The average Bonchev–Trinajstić information content (AvgIpc) is 3.05. The van der Waals surface area contributed by atoms with Crippen LogP contribution in [0.1, 0.15) is 23.7 Å². The van der Waals surface area contributed by atoms with Crippen molar-refractivity contribution in [2.24, 2.45) is 0 Å². The normalized spacial score (nSPS) is 10.8. The highest BCUT2D eigenvalue weighted by atomic mass is 16.4. The van der Waals surface area contributed by atoms with Crippen LogP contribution in [0.5, 0.6) is 0 Å². The summed E-state index contributed by atoms with van der Waals surface area (Å²) in [7, 11) is 0. The van der Waals surface area contributed by atoms with E-state index in [-0.39, 0.29) is 12.3 Å². The van der Waals surface area contributed by atoms with Crippen LogP contribution in [0, 0.1) is 0 Å². The average molecular weight is 398 g/mol. The Labute approximate surface area is 174 Å². The first-order valence-electron chi connectivity index (χ1n) is 9.77. The molecule has 3 N–H and O–H groups in total. The van der Waals surface area contributed by atoms with Gasteiger partial charge in [-0.25, -0.2) is 0 Å². The van der Waals surface area contributed by atoms with E-state index in [4.69, 9.17) is 0 Å². The summed E-state index contributed by atoms with van der Waals surface area (Å²) in [6.45, 7) is 1.49. The Bertz CT molecular complexity index is 1210. The van der Waals surface area contributed by atoms with Gasteiger partial charge in [0.25, 0.3) is 0 Å². The number of aromatic nitrogens is 1. The molecule has 5 heteroatoms.